The van der Waals surface area contributed by atoms with E-state index < -0.39 is 0 Å². The Morgan fingerprint density at radius 1 is 1.30 bits per heavy atom. The smallest absolute Gasteiger partial charge is 0.239 e. The number of aromatic nitrogens is 2. The Hall–Kier alpha value is -2.18. The number of rotatable bonds is 5. The minimum Gasteiger partial charge on any atom is -0.349 e. The highest BCUT2D eigenvalue weighted by Crippen LogP contribution is 2.32. The van der Waals surface area contributed by atoms with Crippen LogP contribution in [0.2, 0.25) is 5.02 Å². The molecule has 0 atom stereocenters. The van der Waals surface area contributed by atoms with Gasteiger partial charge >= 0.3 is 0 Å². The van der Waals surface area contributed by atoms with Crippen molar-refractivity contribution in [1.29, 1.82) is 0 Å². The van der Waals surface area contributed by atoms with E-state index in [0.29, 0.717) is 11.6 Å². The molecule has 1 aromatic carbocycles. The first kappa shape index (κ1) is 15.7. The van der Waals surface area contributed by atoms with Crippen molar-refractivity contribution >= 4 is 44.2 Å². The molecule has 118 valence electrons. The molecular formula is C16H15ClN4OS. The maximum Gasteiger partial charge on any atom is 0.239 e. The second-order valence-electron chi connectivity index (χ2n) is 5.04. The van der Waals surface area contributed by atoms with Crippen molar-refractivity contribution in [2.45, 2.75) is 6.54 Å². The number of anilines is 1. The second kappa shape index (κ2) is 6.93. The lowest BCUT2D eigenvalue weighted by Crippen LogP contribution is -2.34. The fourth-order valence-corrected chi connectivity index (χ4v) is 3.32. The van der Waals surface area contributed by atoms with Gasteiger partial charge in [-0.15, -0.1) is 0 Å². The molecular weight excluding hydrogens is 332 g/mol. The molecule has 0 aliphatic heterocycles. The molecule has 2 heterocycles. The summed E-state index contributed by atoms with van der Waals surface area (Å²) in [5, 5.41) is 4.24. The molecule has 3 rings (SSSR count). The molecule has 0 aliphatic rings. The highest BCUT2D eigenvalue weighted by atomic mass is 35.5. The van der Waals surface area contributed by atoms with Crippen molar-refractivity contribution in [3.63, 3.8) is 0 Å². The van der Waals surface area contributed by atoms with Crippen LogP contribution in [-0.2, 0) is 11.3 Å². The Balaban J connectivity index is 1.62. The Morgan fingerprint density at radius 3 is 2.91 bits per heavy atom. The van der Waals surface area contributed by atoms with Crippen LogP contribution in [0.3, 0.4) is 0 Å². The third-order valence-electron chi connectivity index (χ3n) is 3.26. The zero-order valence-electron chi connectivity index (χ0n) is 12.5. The summed E-state index contributed by atoms with van der Waals surface area (Å²) in [7, 11) is 1.84. The number of para-hydroxylation sites is 1. The van der Waals surface area contributed by atoms with E-state index in [4.69, 9.17) is 11.6 Å². The number of nitrogens with zero attached hydrogens (tertiary/aromatic N) is 3. The Labute approximate surface area is 142 Å². The quantitative estimate of drug-likeness (QED) is 0.771. The number of pyridine rings is 1. The number of nitrogens with one attached hydrogen (secondary N) is 1. The van der Waals surface area contributed by atoms with Gasteiger partial charge in [0.2, 0.25) is 5.91 Å². The summed E-state index contributed by atoms with van der Waals surface area (Å²) in [6.45, 7) is 0.642. The average molecular weight is 347 g/mol. The maximum absolute atomic E-state index is 12.1. The molecule has 1 amide bonds. The molecule has 0 radical (unpaired) electrons. The van der Waals surface area contributed by atoms with E-state index in [-0.39, 0.29) is 12.5 Å². The predicted octanol–water partition coefficient (Wildman–Crippen LogP) is 3.10. The lowest BCUT2D eigenvalue weighted by atomic mass is 10.3. The summed E-state index contributed by atoms with van der Waals surface area (Å²) in [4.78, 5) is 22.5. The van der Waals surface area contributed by atoms with E-state index in [2.05, 4.69) is 15.3 Å². The van der Waals surface area contributed by atoms with E-state index in [1.54, 1.807) is 6.20 Å². The van der Waals surface area contributed by atoms with Gasteiger partial charge in [-0.1, -0.05) is 35.1 Å². The fraction of sp³-hybridized carbons (Fsp3) is 0.188. The molecule has 7 heteroatoms. The largest absolute Gasteiger partial charge is 0.349 e. The highest BCUT2D eigenvalue weighted by Gasteiger charge is 2.13. The van der Waals surface area contributed by atoms with E-state index in [1.807, 2.05) is 48.3 Å². The van der Waals surface area contributed by atoms with Gasteiger partial charge in [0.05, 0.1) is 28.5 Å². The summed E-state index contributed by atoms with van der Waals surface area (Å²) in [5.41, 5.74) is 1.60. The van der Waals surface area contributed by atoms with Crippen LogP contribution >= 0.6 is 22.9 Å². The molecule has 0 saturated carbocycles. The zero-order valence-corrected chi connectivity index (χ0v) is 14.1. The van der Waals surface area contributed by atoms with E-state index >= 15 is 0 Å². The molecule has 0 fully saturated rings. The van der Waals surface area contributed by atoms with Crippen LogP contribution in [0.15, 0.2) is 42.6 Å². The van der Waals surface area contributed by atoms with Crippen molar-refractivity contribution < 1.29 is 4.79 Å². The van der Waals surface area contributed by atoms with Gasteiger partial charge in [-0.2, -0.15) is 0 Å². The normalized spacial score (nSPS) is 10.7. The van der Waals surface area contributed by atoms with Gasteiger partial charge in [-0.25, -0.2) is 4.98 Å². The molecule has 3 aromatic rings. The van der Waals surface area contributed by atoms with Crippen LogP contribution in [0.4, 0.5) is 5.13 Å². The van der Waals surface area contributed by atoms with E-state index in [1.165, 1.54) is 11.3 Å². The number of thiazole rings is 1. The number of likely N-dealkylation sites (N-methyl/N-ethyl adjacent to an activating group) is 1. The number of carbonyl (C=O) groups excluding carboxylic acids is 1. The van der Waals surface area contributed by atoms with Crippen LogP contribution in [0.5, 0.6) is 0 Å². The minimum atomic E-state index is -0.0801. The number of carbonyl (C=O) groups is 1. The van der Waals surface area contributed by atoms with Crippen molar-refractivity contribution in [2.75, 3.05) is 18.5 Å². The molecule has 0 spiro atoms. The van der Waals surface area contributed by atoms with Gasteiger partial charge in [-0.3, -0.25) is 9.78 Å². The van der Waals surface area contributed by atoms with Gasteiger partial charge in [0, 0.05) is 13.2 Å². The lowest BCUT2D eigenvalue weighted by molar-refractivity contribution is -0.119. The number of hydrogen-bond donors (Lipinski definition) is 1. The highest BCUT2D eigenvalue weighted by molar-refractivity contribution is 7.22. The second-order valence-corrected chi connectivity index (χ2v) is 6.45. The van der Waals surface area contributed by atoms with Crippen molar-refractivity contribution in [3.8, 4) is 0 Å². The number of amides is 1. The minimum absolute atomic E-state index is 0.0801. The summed E-state index contributed by atoms with van der Waals surface area (Å²) in [6.07, 6.45) is 1.71. The monoisotopic (exact) mass is 346 g/mol. The zero-order chi connectivity index (χ0) is 16.2. The summed E-state index contributed by atoms with van der Waals surface area (Å²) >= 11 is 7.65. The Kier molecular flexibility index (Phi) is 4.73. The van der Waals surface area contributed by atoms with Crippen LogP contribution in [0, 0.1) is 0 Å². The Bertz CT molecular complexity index is 821. The Morgan fingerprint density at radius 2 is 2.17 bits per heavy atom. The SMILES string of the molecule is CN(CC(=O)NCc1ccccn1)c1nc2c(Cl)cccc2s1. The van der Waals surface area contributed by atoms with Crippen molar-refractivity contribution in [3.05, 3.63) is 53.3 Å². The van der Waals surface area contributed by atoms with Gasteiger partial charge in [-0.05, 0) is 24.3 Å². The van der Waals surface area contributed by atoms with Gasteiger partial charge in [0.15, 0.2) is 5.13 Å². The molecule has 0 bridgehead atoms. The van der Waals surface area contributed by atoms with Crippen molar-refractivity contribution in [1.82, 2.24) is 15.3 Å². The number of halogens is 1. The van der Waals surface area contributed by atoms with Crippen LogP contribution in [0.25, 0.3) is 10.2 Å². The van der Waals surface area contributed by atoms with Crippen molar-refractivity contribution in [2.24, 2.45) is 0 Å². The molecule has 2 aromatic heterocycles. The first-order chi connectivity index (χ1) is 11.1. The topological polar surface area (TPSA) is 58.1 Å². The molecule has 0 saturated heterocycles. The summed E-state index contributed by atoms with van der Waals surface area (Å²) in [6, 6.07) is 11.3. The van der Waals surface area contributed by atoms with Crippen LogP contribution in [-0.4, -0.2) is 29.5 Å². The average Bonchev–Trinajstić information content (AvgIpc) is 3.00. The molecule has 0 unspecified atom stereocenters. The lowest BCUT2D eigenvalue weighted by Gasteiger charge is -2.15. The molecule has 23 heavy (non-hydrogen) atoms. The molecule has 0 aliphatic carbocycles. The van der Waals surface area contributed by atoms with Crippen LogP contribution < -0.4 is 10.2 Å². The van der Waals surface area contributed by atoms with E-state index in [9.17, 15) is 4.79 Å². The predicted molar refractivity (Wildman–Crippen MR) is 94.0 cm³/mol. The maximum atomic E-state index is 12.1. The third-order valence-corrected chi connectivity index (χ3v) is 4.70. The van der Waals surface area contributed by atoms with Gasteiger partial charge in [0.1, 0.15) is 5.52 Å². The fourth-order valence-electron chi connectivity index (χ4n) is 2.10. The summed E-state index contributed by atoms with van der Waals surface area (Å²) in [5.74, 6) is -0.0801. The van der Waals surface area contributed by atoms with Gasteiger partial charge < -0.3 is 10.2 Å². The first-order valence-corrected chi connectivity index (χ1v) is 8.26. The first-order valence-electron chi connectivity index (χ1n) is 7.06. The number of hydrogen-bond acceptors (Lipinski definition) is 5. The molecule has 5 nitrogen and oxygen atoms in total. The summed E-state index contributed by atoms with van der Waals surface area (Å²) < 4.78 is 1.01. The molecule has 1 N–H and O–H groups in total. The third kappa shape index (κ3) is 3.78. The number of benzene rings is 1. The van der Waals surface area contributed by atoms with Crippen LogP contribution in [0.1, 0.15) is 5.69 Å². The standard InChI is InChI=1S/C16H15ClN4OS/c1-21(10-14(22)19-9-11-5-2-3-8-18-11)16-20-15-12(17)6-4-7-13(15)23-16/h2-8H,9-10H2,1H3,(H,19,22). The number of fused-ring (bicyclic) bond motifs is 1. The van der Waals surface area contributed by atoms with Gasteiger partial charge in [0.25, 0.3) is 0 Å². The van der Waals surface area contributed by atoms with E-state index in [0.717, 1.165) is 21.0 Å².